The van der Waals surface area contributed by atoms with Crippen LogP contribution in [0.4, 0.5) is 5.82 Å². The van der Waals surface area contributed by atoms with Crippen LogP contribution in [-0.4, -0.2) is 205 Å². The summed E-state index contributed by atoms with van der Waals surface area (Å²) in [6.45, 7) is 7.31. The summed E-state index contributed by atoms with van der Waals surface area (Å²) in [6, 6.07) is 13.6. The van der Waals surface area contributed by atoms with Crippen LogP contribution in [-0.2, 0) is 72.1 Å². The van der Waals surface area contributed by atoms with Crippen molar-refractivity contribution in [2.24, 2.45) is 23.5 Å². The molecule has 9 heterocycles. The number of fused-ring (bicyclic) bond motifs is 15. The minimum atomic E-state index is -2.31. The van der Waals surface area contributed by atoms with Gasteiger partial charge < -0.3 is 122 Å². The predicted molar refractivity (Wildman–Crippen MR) is 469 cm³/mol. The number of nitrogens with zero attached hydrogens (tertiary/aromatic N) is 3. The number of carboxylic acid groups (broad SMARTS) is 1. The van der Waals surface area contributed by atoms with Crippen LogP contribution in [0.3, 0.4) is 0 Å². The van der Waals surface area contributed by atoms with Crippen molar-refractivity contribution < 1.29 is 123 Å². The molecular formula is C90H97Cl4N11O26. The van der Waals surface area contributed by atoms with Gasteiger partial charge in [-0.3, -0.25) is 47.9 Å². The molecule has 0 radical (unpaired) electrons. The highest BCUT2D eigenvalue weighted by molar-refractivity contribution is 6.35. The Bertz CT molecular complexity index is 5740. The SMILES string of the molecule is CC[C@H](CC(C)C)C(=O)N[C@H]1C(=O)C[C@@H](CC(N)=O)C(=O)NC2C(=O)C[C@H]3C(=O)N[C@H](C(=O)N[C@@H](C(=O)O)c4cc(O)c(CNCCc5cccnc5)c(O)c4-c4cc3ccc4O)[C@H](O)c3ccc(c(Cl)c3)Oc3cc2cc(c3O[C@@H]2O[C@H](CO)[C@@H](O)[C@H](O)[C@H]2O[C@H]2C[C@](C)(NCCn3ccc(NC(=O)c4cc(Cl)cc(Cl)c4)nc3=O)[C@H](O)[C@H](C)O2)Oc2ccc(cc2Cl)[C@H]1O. The van der Waals surface area contributed by atoms with Crippen molar-refractivity contribution in [2.75, 3.05) is 25.0 Å². The number of primary amides is 1. The number of hydrogen-bond acceptors (Lipinski definition) is 29. The van der Waals surface area contributed by atoms with E-state index in [0.29, 0.717) is 12.8 Å². The summed E-state index contributed by atoms with van der Waals surface area (Å²) in [5, 5.41) is 138. The molecule has 7 aliphatic heterocycles. The second-order valence-electron chi connectivity index (χ2n) is 33.4. The molecule has 696 valence electrons. The number of phenols is 3. The molecular weight excluding hydrogens is 1790 g/mol. The van der Waals surface area contributed by atoms with Crippen molar-refractivity contribution in [1.82, 2.24) is 46.4 Å². The third-order valence-electron chi connectivity index (χ3n) is 23.6. The number of carboxylic acids is 1. The number of pyridine rings is 1. The van der Waals surface area contributed by atoms with Gasteiger partial charge in [0, 0.05) is 108 Å². The number of amides is 6. The number of nitrogens with two attached hydrogens (primary N) is 1. The molecule has 7 aliphatic rings. The maximum absolute atomic E-state index is 16.6. The van der Waals surface area contributed by atoms with Crippen molar-refractivity contribution in [3.8, 4) is 57.1 Å². The summed E-state index contributed by atoms with van der Waals surface area (Å²) in [5.41, 5.74) is 1.69. The van der Waals surface area contributed by atoms with E-state index in [1.165, 1.54) is 60.2 Å². The van der Waals surface area contributed by atoms with E-state index in [9.17, 15) is 75.0 Å². The molecule has 0 saturated carbocycles. The van der Waals surface area contributed by atoms with E-state index in [1.54, 1.807) is 32.3 Å². The van der Waals surface area contributed by atoms with Crippen LogP contribution in [0.25, 0.3) is 11.1 Å². The van der Waals surface area contributed by atoms with Crippen LogP contribution in [0.15, 0.2) is 133 Å². The predicted octanol–water partition coefficient (Wildman–Crippen LogP) is 6.69. The summed E-state index contributed by atoms with van der Waals surface area (Å²) < 4.78 is 40.8. The standard InChI is InChI=1S/C90H97Cl4N11O26/c1-6-42(22-39(2)3)82(118)103-72-59(109)28-48(31-66(95)111)84(120)101-70-46-29-63(127-61-13-10-44(74(72)112)26-55(61)93)79(131-88-80(78(116)77(115)65(38-106)129-88)130-68-35-90(5,81(117)40(4)126-68)98-19-21-105-20-16-67(100-89(105)125)99-83(119)47-23-49(91)32-50(92)24-47)64(30-46)128-62-14-11-45(27-56(62)94)75(113)73-86(122)102-71(87(123)124)53-34-58(108)54(37-97-18-15-41-8-7-17-96-36-41)76(114)69(53)52-25-43(9-12-57(52)107)51(33-60(70)110)85(121)104-73/h7-14,16-17,20,23-27,29-30,32,34,36,39-40,42,48,51,65,68,70-75,77-78,80-81,88,97-98,106-108,112-117H,6,15,18-19,21-22,28,31,33,35,37-38H2,1-5H3,(H2,95,111)(H,101,120)(H,102,122)(H,103,118)(H,104,121)(H,123,124)(H,99,100,119,125)/t40-,42+,48-,51+,65+,68-,70?,71+,72-,73-,74+,75+,77+,78-,80+,81+,88-,90-/m0/s1. The Morgan fingerprint density at radius 3 is 2.05 bits per heavy atom. The number of rotatable bonds is 24. The first-order valence-corrected chi connectivity index (χ1v) is 43.5. The van der Waals surface area contributed by atoms with Gasteiger partial charge in [-0.15, -0.1) is 0 Å². The number of phenolic OH excluding ortho intramolecular Hbond substituents is 3. The monoisotopic (exact) mass is 1890 g/mol. The van der Waals surface area contributed by atoms with E-state index < -0.39 is 261 Å². The highest BCUT2D eigenvalue weighted by Gasteiger charge is 2.53. The molecule has 8 aromatic rings. The van der Waals surface area contributed by atoms with E-state index in [4.69, 9.17) is 80.6 Å². The van der Waals surface area contributed by atoms with Crippen LogP contribution in [0.1, 0.15) is 153 Å². The van der Waals surface area contributed by atoms with Gasteiger partial charge in [0.05, 0.1) is 46.3 Å². The fraction of sp³-hybridized carbons (Fsp3) is 0.400. The van der Waals surface area contributed by atoms with Gasteiger partial charge in [-0.1, -0.05) is 91.4 Å². The van der Waals surface area contributed by atoms with Crippen molar-refractivity contribution in [2.45, 2.75) is 190 Å². The third-order valence-corrected chi connectivity index (χ3v) is 24.6. The quantitative estimate of drug-likeness (QED) is 0.0280. The molecule has 18 atom stereocenters. The number of nitrogens with one attached hydrogen (secondary N) is 7. The van der Waals surface area contributed by atoms with E-state index in [-0.39, 0.29) is 99.4 Å². The summed E-state index contributed by atoms with van der Waals surface area (Å²) in [4.78, 5) is 155. The maximum atomic E-state index is 16.6. The van der Waals surface area contributed by atoms with E-state index >= 15 is 24.0 Å². The molecule has 37 nitrogen and oxygen atoms in total. The van der Waals surface area contributed by atoms with E-state index in [0.717, 1.165) is 60.2 Å². The number of aliphatic hydroxyl groups is 6. The van der Waals surface area contributed by atoms with Crippen LogP contribution in [0, 0.1) is 17.8 Å². The number of ketones is 2. The fourth-order valence-electron chi connectivity index (χ4n) is 16.6. The first-order chi connectivity index (χ1) is 62.3. The van der Waals surface area contributed by atoms with Gasteiger partial charge in [-0.25, -0.2) is 9.59 Å². The average Bonchev–Trinajstić information content (AvgIpc) is 0.719. The van der Waals surface area contributed by atoms with Crippen molar-refractivity contribution in [3.05, 3.63) is 203 Å². The van der Waals surface area contributed by atoms with Crippen LogP contribution in [0.5, 0.6) is 46.0 Å². The number of hydrogen-bond donors (Lipinski definition) is 18. The summed E-state index contributed by atoms with van der Waals surface area (Å²) in [5.74, 6) is -20.4. The number of ether oxygens (including phenoxy) is 6. The fourth-order valence-corrected chi connectivity index (χ4v) is 17.6. The van der Waals surface area contributed by atoms with Crippen LogP contribution < -0.4 is 62.9 Å². The van der Waals surface area contributed by atoms with Crippen LogP contribution in [0.2, 0.25) is 20.1 Å². The molecule has 2 saturated heterocycles. The number of carbonyl (C=O) groups excluding carboxylic acids is 8. The molecule has 1 unspecified atom stereocenters. The van der Waals surface area contributed by atoms with Gasteiger partial charge in [0.2, 0.25) is 41.6 Å². The number of Topliss-reactive ketones (excluding diaryl/α,β-unsaturated/α-hetero) is 2. The molecule has 41 heteroatoms. The zero-order chi connectivity index (χ0) is 94.5. The van der Waals surface area contributed by atoms with E-state index in [2.05, 4.69) is 47.2 Å². The second kappa shape index (κ2) is 41.5. The summed E-state index contributed by atoms with van der Waals surface area (Å²) in [6.07, 6.45) is -16.1. The Labute approximate surface area is 768 Å². The molecule has 11 bridgehead atoms. The number of carbonyl (C=O) groups is 9. The summed E-state index contributed by atoms with van der Waals surface area (Å²) in [7, 11) is 0. The topological polar surface area (TPSA) is 569 Å². The number of aliphatic carboxylic acids is 1. The van der Waals surface area contributed by atoms with E-state index in [1.807, 2.05) is 19.9 Å². The Balaban J connectivity index is 0.952. The largest absolute Gasteiger partial charge is 0.507 e. The number of benzene rings is 6. The van der Waals surface area contributed by atoms with Gasteiger partial charge in [-0.2, -0.15) is 4.98 Å². The third kappa shape index (κ3) is 22.1. The zero-order valence-corrected chi connectivity index (χ0v) is 74.0. The Hall–Kier alpha value is -11.5. The van der Waals surface area contributed by atoms with Crippen molar-refractivity contribution >= 4 is 105 Å². The number of anilines is 1. The molecule has 15 rings (SSSR count). The maximum Gasteiger partial charge on any atom is 0.349 e. The Kier molecular flexibility index (Phi) is 30.8. The zero-order valence-electron chi connectivity index (χ0n) is 70.9. The molecule has 131 heavy (non-hydrogen) atoms. The second-order valence-corrected chi connectivity index (χ2v) is 35.0. The first kappa shape index (κ1) is 97.0. The van der Waals surface area contributed by atoms with Gasteiger partial charge in [-0.05, 0) is 158 Å². The molecule has 2 fully saturated rings. The number of halogens is 4. The van der Waals surface area contributed by atoms with Crippen molar-refractivity contribution in [3.63, 3.8) is 0 Å². The Morgan fingerprint density at radius 2 is 1.42 bits per heavy atom. The molecule has 6 amide bonds. The molecule has 19 N–H and O–H groups in total. The summed E-state index contributed by atoms with van der Waals surface area (Å²) >= 11 is 26.7. The molecule has 6 aromatic carbocycles. The van der Waals surface area contributed by atoms with Gasteiger partial charge >= 0.3 is 11.7 Å². The minimum absolute atomic E-state index is 0.0483. The molecule has 0 spiro atoms. The number of aromatic nitrogens is 3. The number of aliphatic hydroxyl groups excluding tert-OH is 6. The van der Waals surface area contributed by atoms with Gasteiger partial charge in [0.25, 0.3) is 5.91 Å². The van der Waals surface area contributed by atoms with Gasteiger partial charge in [0.1, 0.15) is 83.2 Å². The lowest BCUT2D eigenvalue weighted by molar-refractivity contribution is -0.334. The molecule has 0 aliphatic carbocycles. The average molecular weight is 1890 g/mol. The van der Waals surface area contributed by atoms with Crippen LogP contribution >= 0.6 is 46.4 Å². The Morgan fingerprint density at radius 1 is 0.740 bits per heavy atom. The highest BCUT2D eigenvalue weighted by atomic mass is 35.5. The lowest BCUT2D eigenvalue weighted by Crippen LogP contribution is -2.65. The number of aromatic hydroxyl groups is 3. The minimum Gasteiger partial charge on any atom is -0.507 e. The lowest BCUT2D eigenvalue weighted by Gasteiger charge is -2.48. The van der Waals surface area contributed by atoms with Crippen molar-refractivity contribution in [1.29, 1.82) is 0 Å². The normalized spacial score (nSPS) is 25.4. The highest BCUT2D eigenvalue weighted by Crippen LogP contribution is 2.52. The first-order valence-electron chi connectivity index (χ1n) is 41.9. The van der Waals surface area contributed by atoms with Gasteiger partial charge in [0.15, 0.2) is 41.5 Å². The smallest absolute Gasteiger partial charge is 0.349 e. The lowest BCUT2D eigenvalue weighted by atomic mass is 9.84. The molecule has 2 aromatic heterocycles.